The number of halogens is 1. The van der Waals surface area contributed by atoms with Crippen molar-refractivity contribution in [2.75, 3.05) is 19.6 Å². The minimum Gasteiger partial charge on any atom is -0.353 e. The van der Waals surface area contributed by atoms with E-state index in [2.05, 4.69) is 5.32 Å². The van der Waals surface area contributed by atoms with Crippen LogP contribution in [0.2, 0.25) is 4.34 Å². The van der Waals surface area contributed by atoms with E-state index in [9.17, 15) is 18.0 Å². The summed E-state index contributed by atoms with van der Waals surface area (Å²) in [5.41, 5.74) is 0. The molecule has 0 aliphatic carbocycles. The summed E-state index contributed by atoms with van der Waals surface area (Å²) < 4.78 is 27.8. The third kappa shape index (κ3) is 3.55. The lowest BCUT2D eigenvalue weighted by atomic mass is 10.0. The summed E-state index contributed by atoms with van der Waals surface area (Å²) in [7, 11) is -3.79. The Morgan fingerprint density at radius 2 is 2.08 bits per heavy atom. The van der Waals surface area contributed by atoms with Gasteiger partial charge in [-0.15, -0.1) is 11.3 Å². The van der Waals surface area contributed by atoms with Gasteiger partial charge in [0.15, 0.2) is 0 Å². The highest BCUT2D eigenvalue weighted by Gasteiger charge is 2.42. The minimum atomic E-state index is -3.79. The highest BCUT2D eigenvalue weighted by Crippen LogP contribution is 2.32. The van der Waals surface area contributed by atoms with Crippen LogP contribution in [0.25, 0.3) is 0 Å². The second-order valence-corrected chi connectivity index (χ2v) is 10.0. The summed E-state index contributed by atoms with van der Waals surface area (Å²) in [6, 6.07) is 1.64. The van der Waals surface area contributed by atoms with Crippen molar-refractivity contribution in [3.05, 3.63) is 16.5 Å². The van der Waals surface area contributed by atoms with E-state index in [-0.39, 0.29) is 16.0 Å². The molecule has 7 nitrogen and oxygen atoms in total. The van der Waals surface area contributed by atoms with E-state index >= 15 is 0 Å². The van der Waals surface area contributed by atoms with Crippen LogP contribution in [0.4, 0.5) is 0 Å². The van der Waals surface area contributed by atoms with Gasteiger partial charge in [-0.25, -0.2) is 8.42 Å². The van der Waals surface area contributed by atoms with Crippen LogP contribution in [0.3, 0.4) is 0 Å². The number of piperidine rings is 1. The van der Waals surface area contributed by atoms with Crippen molar-refractivity contribution in [1.82, 2.24) is 14.5 Å². The summed E-state index contributed by atoms with van der Waals surface area (Å²) in [4.78, 5) is 26.3. The number of nitrogens with one attached hydrogen (secondary N) is 1. The maximum absolute atomic E-state index is 13.0. The fourth-order valence-electron chi connectivity index (χ4n) is 3.27. The Hall–Kier alpha value is -1.16. The SMILES string of the molecule is CC1C(=O)NCCN1C(=O)C1CCCCN1S(=O)(=O)c1ccc(Cl)s1. The lowest BCUT2D eigenvalue weighted by Gasteiger charge is -2.40. The van der Waals surface area contributed by atoms with Crippen LogP contribution in [0.5, 0.6) is 0 Å². The van der Waals surface area contributed by atoms with E-state index in [4.69, 9.17) is 11.6 Å². The predicted octanol–water partition coefficient (Wildman–Crippen LogP) is 1.29. The van der Waals surface area contributed by atoms with Crippen molar-refractivity contribution in [1.29, 1.82) is 0 Å². The summed E-state index contributed by atoms with van der Waals surface area (Å²) >= 11 is 6.86. The zero-order chi connectivity index (χ0) is 18.2. The number of thiophene rings is 1. The molecule has 0 aromatic carbocycles. The molecule has 3 heterocycles. The van der Waals surface area contributed by atoms with Crippen LogP contribution in [-0.4, -0.2) is 61.2 Å². The highest BCUT2D eigenvalue weighted by molar-refractivity contribution is 7.91. The van der Waals surface area contributed by atoms with E-state index in [0.29, 0.717) is 36.8 Å². The smallest absolute Gasteiger partial charge is 0.253 e. The first-order valence-electron chi connectivity index (χ1n) is 8.18. The van der Waals surface area contributed by atoms with E-state index < -0.39 is 22.1 Å². The average molecular weight is 406 g/mol. The Kier molecular flexibility index (Phi) is 5.38. The molecule has 2 saturated heterocycles. The van der Waals surface area contributed by atoms with E-state index in [0.717, 1.165) is 17.8 Å². The monoisotopic (exact) mass is 405 g/mol. The van der Waals surface area contributed by atoms with Crippen LogP contribution in [0.15, 0.2) is 16.3 Å². The van der Waals surface area contributed by atoms with Crippen molar-refractivity contribution >= 4 is 44.8 Å². The van der Waals surface area contributed by atoms with Crippen LogP contribution in [0.1, 0.15) is 26.2 Å². The molecule has 0 spiro atoms. The molecule has 2 unspecified atom stereocenters. The number of hydrogen-bond donors (Lipinski definition) is 1. The molecule has 2 atom stereocenters. The normalized spacial score (nSPS) is 25.7. The number of amides is 2. The molecule has 1 aromatic heterocycles. The second kappa shape index (κ2) is 7.22. The van der Waals surface area contributed by atoms with Crippen LogP contribution in [0, 0.1) is 0 Å². The van der Waals surface area contributed by atoms with Gasteiger partial charge in [0.1, 0.15) is 16.3 Å². The zero-order valence-electron chi connectivity index (χ0n) is 13.8. The van der Waals surface area contributed by atoms with Gasteiger partial charge >= 0.3 is 0 Å². The summed E-state index contributed by atoms with van der Waals surface area (Å²) in [6.07, 6.45) is 1.95. The molecule has 2 fully saturated rings. The molecule has 0 saturated carbocycles. The first-order valence-corrected chi connectivity index (χ1v) is 10.8. The molecule has 3 rings (SSSR count). The second-order valence-electron chi connectivity index (χ2n) is 6.18. The van der Waals surface area contributed by atoms with Gasteiger partial charge in [0, 0.05) is 19.6 Å². The Balaban J connectivity index is 1.88. The molecule has 2 amide bonds. The van der Waals surface area contributed by atoms with Crippen molar-refractivity contribution in [2.24, 2.45) is 0 Å². The number of carbonyl (C=O) groups is 2. The number of piperazine rings is 1. The molecule has 25 heavy (non-hydrogen) atoms. The van der Waals surface area contributed by atoms with Crippen molar-refractivity contribution in [3.8, 4) is 0 Å². The molecule has 2 aliphatic heterocycles. The number of hydrogen-bond acceptors (Lipinski definition) is 5. The minimum absolute atomic E-state index is 0.140. The lowest BCUT2D eigenvalue weighted by molar-refractivity contribution is -0.146. The maximum atomic E-state index is 13.0. The van der Waals surface area contributed by atoms with Crippen molar-refractivity contribution in [3.63, 3.8) is 0 Å². The van der Waals surface area contributed by atoms with Crippen LogP contribution >= 0.6 is 22.9 Å². The molecule has 138 valence electrons. The topological polar surface area (TPSA) is 86.8 Å². The fraction of sp³-hybridized carbons (Fsp3) is 0.600. The van der Waals surface area contributed by atoms with E-state index in [1.807, 2.05) is 0 Å². The third-order valence-corrected chi connectivity index (χ3v) is 8.24. The fourth-order valence-corrected chi connectivity index (χ4v) is 6.53. The van der Waals surface area contributed by atoms with Gasteiger partial charge in [-0.2, -0.15) is 4.31 Å². The number of sulfonamides is 1. The van der Waals surface area contributed by atoms with E-state index in [1.165, 1.54) is 21.3 Å². The average Bonchev–Trinajstić information content (AvgIpc) is 3.04. The van der Waals surface area contributed by atoms with Crippen LogP contribution in [-0.2, 0) is 19.6 Å². The van der Waals surface area contributed by atoms with Gasteiger partial charge in [-0.3, -0.25) is 9.59 Å². The standard InChI is InChI=1S/C15H20ClN3O4S2/c1-10-14(20)17-7-9-18(10)15(21)11-4-2-3-8-19(11)25(22,23)13-6-5-12(16)24-13/h5-6,10-11H,2-4,7-9H2,1H3,(H,17,20). The van der Waals surface area contributed by atoms with Crippen molar-refractivity contribution in [2.45, 2.75) is 42.5 Å². The lowest BCUT2D eigenvalue weighted by Crippen LogP contribution is -2.61. The summed E-state index contributed by atoms with van der Waals surface area (Å²) in [6.45, 7) is 2.73. The predicted molar refractivity (Wildman–Crippen MR) is 95.0 cm³/mol. The van der Waals surface area contributed by atoms with Gasteiger partial charge in [-0.05, 0) is 31.9 Å². The zero-order valence-corrected chi connectivity index (χ0v) is 16.2. The molecule has 0 radical (unpaired) electrons. The van der Waals surface area contributed by atoms with Crippen LogP contribution < -0.4 is 5.32 Å². The van der Waals surface area contributed by atoms with Crippen molar-refractivity contribution < 1.29 is 18.0 Å². The third-order valence-electron chi connectivity index (χ3n) is 4.63. The molecule has 0 bridgehead atoms. The van der Waals surface area contributed by atoms with Gasteiger partial charge in [0.25, 0.3) is 10.0 Å². The summed E-state index contributed by atoms with van der Waals surface area (Å²) in [5, 5.41) is 2.71. The van der Waals surface area contributed by atoms with Gasteiger partial charge in [0.05, 0.1) is 4.34 Å². The Morgan fingerprint density at radius 3 is 2.76 bits per heavy atom. The number of rotatable bonds is 3. The molecular weight excluding hydrogens is 386 g/mol. The molecular formula is C15H20ClN3O4S2. The Morgan fingerprint density at radius 1 is 1.32 bits per heavy atom. The first-order chi connectivity index (χ1) is 11.8. The first kappa shape index (κ1) is 18.6. The molecule has 10 heteroatoms. The molecule has 1 aromatic rings. The molecule has 2 aliphatic rings. The van der Waals surface area contributed by atoms with Gasteiger partial charge in [-0.1, -0.05) is 18.0 Å². The quantitative estimate of drug-likeness (QED) is 0.820. The largest absolute Gasteiger partial charge is 0.353 e. The Bertz CT molecular complexity index is 779. The highest BCUT2D eigenvalue weighted by atomic mass is 35.5. The molecule has 1 N–H and O–H groups in total. The number of carbonyl (C=O) groups excluding carboxylic acids is 2. The van der Waals surface area contributed by atoms with Gasteiger partial charge in [0.2, 0.25) is 11.8 Å². The number of nitrogens with zero attached hydrogens (tertiary/aromatic N) is 2. The van der Waals surface area contributed by atoms with Gasteiger partial charge < -0.3 is 10.2 Å². The van der Waals surface area contributed by atoms with E-state index in [1.54, 1.807) is 6.92 Å². The summed E-state index contributed by atoms with van der Waals surface area (Å²) in [5.74, 6) is -0.511. The Labute approximate surface area is 156 Å². The maximum Gasteiger partial charge on any atom is 0.253 e.